The highest BCUT2D eigenvalue weighted by atomic mass is 79.9. The number of rotatable bonds is 6. The van der Waals surface area contributed by atoms with Gasteiger partial charge < -0.3 is 4.74 Å². The van der Waals surface area contributed by atoms with Gasteiger partial charge in [-0.25, -0.2) is 8.42 Å². The van der Waals surface area contributed by atoms with Crippen LogP contribution in [0.25, 0.3) is 0 Å². The molecule has 18 heavy (non-hydrogen) atoms. The van der Waals surface area contributed by atoms with Gasteiger partial charge in [-0.1, -0.05) is 6.07 Å². The maximum absolute atomic E-state index is 11.8. The number of anilines is 1. The van der Waals surface area contributed by atoms with Gasteiger partial charge in [0.2, 0.25) is 10.0 Å². The van der Waals surface area contributed by atoms with E-state index in [1.165, 1.54) is 0 Å². The van der Waals surface area contributed by atoms with Crippen molar-refractivity contribution in [2.75, 3.05) is 17.1 Å². The molecule has 1 N–H and O–H groups in total. The molecule has 0 saturated carbocycles. The third-order valence-corrected chi connectivity index (χ3v) is 4.12. The lowest BCUT2D eigenvalue weighted by Crippen LogP contribution is -2.21. The summed E-state index contributed by atoms with van der Waals surface area (Å²) < 4.78 is 32.2. The van der Waals surface area contributed by atoms with Gasteiger partial charge in [0.25, 0.3) is 0 Å². The van der Waals surface area contributed by atoms with Crippen LogP contribution in [0.3, 0.4) is 0 Å². The third kappa shape index (κ3) is 5.37. The van der Waals surface area contributed by atoms with Crippen LogP contribution < -0.4 is 4.72 Å². The Labute approximate surface area is 117 Å². The monoisotopic (exact) mass is 335 g/mol. The summed E-state index contributed by atoms with van der Waals surface area (Å²) in [6.07, 6.45) is 0.0332. The molecule has 0 spiro atoms. The zero-order chi connectivity index (χ0) is 13.8. The number of sulfonamides is 1. The summed E-state index contributed by atoms with van der Waals surface area (Å²) in [4.78, 5) is 0. The van der Waals surface area contributed by atoms with Crippen molar-refractivity contribution in [3.8, 4) is 0 Å². The number of hydrogen-bond acceptors (Lipinski definition) is 3. The Morgan fingerprint density at radius 2 is 2.06 bits per heavy atom. The van der Waals surface area contributed by atoms with E-state index in [1.807, 2.05) is 32.9 Å². The van der Waals surface area contributed by atoms with Gasteiger partial charge in [0.1, 0.15) is 0 Å². The Morgan fingerprint density at radius 1 is 1.39 bits per heavy atom. The highest BCUT2D eigenvalue weighted by Crippen LogP contribution is 2.24. The third-order valence-electron chi connectivity index (χ3n) is 2.19. The molecule has 0 radical (unpaired) electrons. The van der Waals surface area contributed by atoms with Crippen molar-refractivity contribution in [3.63, 3.8) is 0 Å². The molecule has 1 aromatic rings. The van der Waals surface area contributed by atoms with E-state index >= 15 is 0 Å². The predicted octanol–water partition coefficient (Wildman–Crippen LogP) is 2.92. The molecule has 0 amide bonds. The Kier molecular flexibility index (Phi) is 5.62. The molecule has 0 saturated heterocycles. The van der Waals surface area contributed by atoms with E-state index in [2.05, 4.69) is 20.7 Å². The van der Waals surface area contributed by atoms with Gasteiger partial charge >= 0.3 is 0 Å². The first-order valence-electron chi connectivity index (χ1n) is 5.68. The lowest BCUT2D eigenvalue weighted by atomic mass is 10.2. The van der Waals surface area contributed by atoms with Crippen LogP contribution in [-0.4, -0.2) is 26.9 Å². The van der Waals surface area contributed by atoms with Gasteiger partial charge in [0.15, 0.2) is 0 Å². The van der Waals surface area contributed by atoms with E-state index in [4.69, 9.17) is 4.74 Å². The van der Waals surface area contributed by atoms with E-state index in [-0.39, 0.29) is 18.5 Å². The summed E-state index contributed by atoms with van der Waals surface area (Å²) in [7, 11) is -3.37. The van der Waals surface area contributed by atoms with E-state index in [0.29, 0.717) is 5.69 Å². The van der Waals surface area contributed by atoms with Crippen molar-refractivity contribution in [3.05, 3.63) is 28.2 Å². The second-order valence-electron chi connectivity index (χ2n) is 4.32. The SMILES string of the molecule is Cc1ccc(Br)c(NS(=O)(=O)CCOC(C)C)c1. The predicted molar refractivity (Wildman–Crippen MR) is 77.4 cm³/mol. The average molecular weight is 336 g/mol. The summed E-state index contributed by atoms with van der Waals surface area (Å²) in [5.74, 6) is -0.0500. The molecule has 0 unspecified atom stereocenters. The molecule has 0 heterocycles. The minimum Gasteiger partial charge on any atom is -0.378 e. The highest BCUT2D eigenvalue weighted by molar-refractivity contribution is 9.10. The van der Waals surface area contributed by atoms with Gasteiger partial charge in [-0.15, -0.1) is 0 Å². The van der Waals surface area contributed by atoms with Crippen molar-refractivity contribution in [2.45, 2.75) is 26.9 Å². The number of aryl methyl sites for hydroxylation is 1. The molecular weight excluding hydrogens is 318 g/mol. The Balaban J connectivity index is 2.67. The number of ether oxygens (including phenoxy) is 1. The van der Waals surface area contributed by atoms with Crippen LogP contribution >= 0.6 is 15.9 Å². The van der Waals surface area contributed by atoms with E-state index < -0.39 is 10.0 Å². The summed E-state index contributed by atoms with van der Waals surface area (Å²) in [6, 6.07) is 5.51. The second-order valence-corrected chi connectivity index (χ2v) is 7.02. The fourth-order valence-electron chi connectivity index (χ4n) is 1.33. The molecular formula is C12H18BrNO3S. The van der Waals surface area contributed by atoms with Crippen molar-refractivity contribution in [2.24, 2.45) is 0 Å². The van der Waals surface area contributed by atoms with Crippen molar-refractivity contribution in [1.82, 2.24) is 0 Å². The standard InChI is InChI=1S/C12H18BrNO3S/c1-9(2)17-6-7-18(15,16)14-12-8-10(3)4-5-11(12)13/h4-5,8-9,14H,6-7H2,1-3H3. The van der Waals surface area contributed by atoms with Crippen LogP contribution in [0.15, 0.2) is 22.7 Å². The number of benzene rings is 1. The first kappa shape index (κ1) is 15.5. The Hall–Kier alpha value is -0.590. The van der Waals surface area contributed by atoms with Gasteiger partial charge in [-0.05, 0) is 54.4 Å². The molecule has 0 fully saturated rings. The summed E-state index contributed by atoms with van der Waals surface area (Å²) in [6.45, 7) is 5.84. The van der Waals surface area contributed by atoms with Gasteiger partial charge in [-0.3, -0.25) is 4.72 Å². The topological polar surface area (TPSA) is 55.4 Å². The van der Waals surface area contributed by atoms with Crippen molar-refractivity contribution in [1.29, 1.82) is 0 Å². The quantitative estimate of drug-likeness (QED) is 0.869. The number of halogens is 1. The maximum atomic E-state index is 11.8. The lowest BCUT2D eigenvalue weighted by Gasteiger charge is -2.11. The number of nitrogens with one attached hydrogen (secondary N) is 1. The smallest absolute Gasteiger partial charge is 0.235 e. The van der Waals surface area contributed by atoms with Crippen molar-refractivity contribution >= 4 is 31.6 Å². The Morgan fingerprint density at radius 3 is 2.67 bits per heavy atom. The molecule has 0 aliphatic carbocycles. The lowest BCUT2D eigenvalue weighted by molar-refractivity contribution is 0.0913. The molecule has 0 aliphatic rings. The average Bonchev–Trinajstić information content (AvgIpc) is 2.22. The molecule has 1 aromatic carbocycles. The highest BCUT2D eigenvalue weighted by Gasteiger charge is 2.12. The fraction of sp³-hybridized carbons (Fsp3) is 0.500. The Bertz CT molecular complexity index is 500. The second kappa shape index (κ2) is 6.54. The van der Waals surface area contributed by atoms with Crippen LogP contribution in [0.1, 0.15) is 19.4 Å². The zero-order valence-electron chi connectivity index (χ0n) is 10.7. The molecule has 6 heteroatoms. The van der Waals surface area contributed by atoms with Crippen LogP contribution in [0.4, 0.5) is 5.69 Å². The first-order chi connectivity index (χ1) is 8.30. The normalized spacial score (nSPS) is 11.8. The molecule has 0 bridgehead atoms. The minimum atomic E-state index is -3.37. The molecule has 0 aromatic heterocycles. The largest absolute Gasteiger partial charge is 0.378 e. The molecule has 4 nitrogen and oxygen atoms in total. The molecule has 0 aliphatic heterocycles. The van der Waals surface area contributed by atoms with Crippen LogP contribution in [0, 0.1) is 6.92 Å². The van der Waals surface area contributed by atoms with Crippen molar-refractivity contribution < 1.29 is 13.2 Å². The fourth-order valence-corrected chi connectivity index (χ4v) is 2.73. The van der Waals surface area contributed by atoms with Crippen LogP contribution in [0.5, 0.6) is 0 Å². The first-order valence-corrected chi connectivity index (χ1v) is 8.13. The van der Waals surface area contributed by atoms with E-state index in [9.17, 15) is 8.42 Å². The van der Waals surface area contributed by atoms with Crippen LogP contribution in [0.2, 0.25) is 0 Å². The zero-order valence-corrected chi connectivity index (χ0v) is 13.1. The maximum Gasteiger partial charge on any atom is 0.235 e. The van der Waals surface area contributed by atoms with E-state index in [1.54, 1.807) is 6.07 Å². The molecule has 0 atom stereocenters. The molecule has 1 rings (SSSR count). The summed E-state index contributed by atoms with van der Waals surface area (Å²) in [5, 5.41) is 0. The van der Waals surface area contributed by atoms with Gasteiger partial charge in [-0.2, -0.15) is 0 Å². The van der Waals surface area contributed by atoms with Crippen LogP contribution in [-0.2, 0) is 14.8 Å². The summed E-state index contributed by atoms with van der Waals surface area (Å²) in [5.41, 5.74) is 1.55. The summed E-state index contributed by atoms with van der Waals surface area (Å²) >= 11 is 3.32. The minimum absolute atomic E-state index is 0.0332. The molecule has 102 valence electrons. The van der Waals surface area contributed by atoms with E-state index in [0.717, 1.165) is 10.0 Å². The van der Waals surface area contributed by atoms with Gasteiger partial charge in [0, 0.05) is 4.47 Å². The number of hydrogen-bond donors (Lipinski definition) is 1. The van der Waals surface area contributed by atoms with Gasteiger partial charge in [0.05, 0.1) is 24.2 Å².